The predicted octanol–water partition coefficient (Wildman–Crippen LogP) is -0.0211. The molecule has 0 aromatic heterocycles. The van der Waals surface area contributed by atoms with Gasteiger partial charge in [-0.3, -0.25) is 14.5 Å². The Morgan fingerprint density at radius 3 is 2.83 bits per heavy atom. The van der Waals surface area contributed by atoms with Crippen molar-refractivity contribution in [3.8, 4) is 11.5 Å². The van der Waals surface area contributed by atoms with Crippen LogP contribution in [0.3, 0.4) is 0 Å². The zero-order valence-electron chi connectivity index (χ0n) is 12.9. The van der Waals surface area contributed by atoms with Crippen LogP contribution in [0.1, 0.15) is 0 Å². The first-order chi connectivity index (χ1) is 11.2. The van der Waals surface area contributed by atoms with Crippen molar-refractivity contribution in [2.24, 2.45) is 0 Å². The summed E-state index contributed by atoms with van der Waals surface area (Å²) in [5, 5.41) is 5.75. The molecule has 8 nitrogen and oxygen atoms in total. The molecular weight excluding hydrogens is 302 g/mol. The lowest BCUT2D eigenvalue weighted by molar-refractivity contribution is -0.123. The van der Waals surface area contributed by atoms with Gasteiger partial charge in [0.15, 0.2) is 11.5 Å². The highest BCUT2D eigenvalue weighted by atomic mass is 16.6. The van der Waals surface area contributed by atoms with E-state index in [4.69, 9.17) is 14.2 Å². The minimum Gasteiger partial charge on any atom is -0.486 e. The number of carbonyl (C=O) groups is 2. The maximum Gasteiger partial charge on any atom is 0.246 e. The summed E-state index contributed by atoms with van der Waals surface area (Å²) in [6, 6.07) is 3.53. The van der Waals surface area contributed by atoms with E-state index in [1.807, 2.05) is 0 Å². The van der Waals surface area contributed by atoms with Crippen molar-refractivity contribution in [2.75, 3.05) is 56.8 Å². The van der Waals surface area contributed by atoms with Gasteiger partial charge in [0, 0.05) is 25.8 Å². The van der Waals surface area contributed by atoms with Gasteiger partial charge in [0.1, 0.15) is 19.8 Å². The Bertz CT molecular complexity index is 619. The highest BCUT2D eigenvalue weighted by molar-refractivity contribution is 6.06. The number of nitrogens with one attached hydrogen (secondary N) is 2. The first-order valence-corrected chi connectivity index (χ1v) is 7.42. The number of carbonyl (C=O) groups excluding carboxylic acids is 2. The van der Waals surface area contributed by atoms with Crippen LogP contribution in [-0.2, 0) is 14.3 Å². The highest BCUT2D eigenvalue weighted by Gasteiger charge is 2.28. The Morgan fingerprint density at radius 1 is 1.35 bits per heavy atom. The van der Waals surface area contributed by atoms with E-state index in [1.54, 1.807) is 19.2 Å². The Hall–Kier alpha value is -2.48. The number of ether oxygens (including phenoxy) is 3. The molecule has 0 radical (unpaired) electrons. The number of rotatable bonds is 5. The van der Waals surface area contributed by atoms with Gasteiger partial charge < -0.3 is 24.8 Å². The number of benzene rings is 1. The summed E-state index contributed by atoms with van der Waals surface area (Å²) < 4.78 is 16.0. The monoisotopic (exact) mass is 321 g/mol. The highest BCUT2D eigenvalue weighted by Crippen LogP contribution is 2.41. The molecule has 1 aromatic carbocycles. The van der Waals surface area contributed by atoms with Gasteiger partial charge in [0.25, 0.3) is 0 Å². The van der Waals surface area contributed by atoms with E-state index in [-0.39, 0.29) is 24.9 Å². The molecule has 2 aliphatic rings. The maximum absolute atomic E-state index is 12.2. The minimum atomic E-state index is -0.238. The average molecular weight is 321 g/mol. The summed E-state index contributed by atoms with van der Waals surface area (Å²) in [6.45, 7) is 1.88. The zero-order chi connectivity index (χ0) is 16.2. The lowest BCUT2D eigenvalue weighted by Gasteiger charge is -2.31. The molecule has 0 saturated carbocycles. The molecule has 3 rings (SSSR count). The molecule has 8 heteroatoms. The van der Waals surface area contributed by atoms with E-state index >= 15 is 0 Å². The number of hydrogen-bond donors (Lipinski definition) is 2. The zero-order valence-corrected chi connectivity index (χ0v) is 12.9. The minimum absolute atomic E-state index is 0.0448. The molecule has 0 aliphatic carbocycles. The van der Waals surface area contributed by atoms with Gasteiger partial charge in [0.2, 0.25) is 11.8 Å². The summed E-state index contributed by atoms with van der Waals surface area (Å²) in [6.07, 6.45) is 0. The number of fused-ring (bicyclic) bond motifs is 2. The van der Waals surface area contributed by atoms with Crippen molar-refractivity contribution in [1.29, 1.82) is 0 Å². The predicted molar refractivity (Wildman–Crippen MR) is 83.2 cm³/mol. The molecule has 0 spiro atoms. The SMILES string of the molecule is COCCNC(=O)CN1C(=O)CNc2cc3c(cc21)OCCO3. The molecular formula is C15H19N3O5. The van der Waals surface area contributed by atoms with Crippen molar-refractivity contribution in [1.82, 2.24) is 5.32 Å². The third kappa shape index (κ3) is 3.31. The quantitative estimate of drug-likeness (QED) is 0.741. The van der Waals surface area contributed by atoms with Crippen molar-refractivity contribution in [3.05, 3.63) is 12.1 Å². The Kier molecular flexibility index (Phi) is 4.52. The first-order valence-electron chi connectivity index (χ1n) is 7.42. The van der Waals surface area contributed by atoms with Gasteiger partial charge in [-0.05, 0) is 0 Å². The second-order valence-electron chi connectivity index (χ2n) is 5.19. The second kappa shape index (κ2) is 6.74. The third-order valence-corrected chi connectivity index (χ3v) is 3.61. The van der Waals surface area contributed by atoms with Gasteiger partial charge in [-0.1, -0.05) is 0 Å². The molecule has 0 bridgehead atoms. The fraction of sp³-hybridized carbons (Fsp3) is 0.467. The Morgan fingerprint density at radius 2 is 2.09 bits per heavy atom. The lowest BCUT2D eigenvalue weighted by atomic mass is 10.1. The number of nitrogens with zero attached hydrogens (tertiary/aromatic N) is 1. The van der Waals surface area contributed by atoms with Gasteiger partial charge in [0.05, 0.1) is 24.5 Å². The number of amides is 2. The molecule has 2 amide bonds. The Balaban J connectivity index is 1.79. The summed E-state index contributed by atoms with van der Waals surface area (Å²) in [5.41, 5.74) is 1.37. The van der Waals surface area contributed by atoms with Gasteiger partial charge in [-0.2, -0.15) is 0 Å². The summed E-state index contributed by atoms with van der Waals surface area (Å²) in [5.74, 6) is 0.812. The van der Waals surface area contributed by atoms with Gasteiger partial charge >= 0.3 is 0 Å². The Labute approximate surface area is 133 Å². The van der Waals surface area contributed by atoms with E-state index in [2.05, 4.69) is 10.6 Å². The number of anilines is 2. The van der Waals surface area contributed by atoms with Crippen molar-refractivity contribution in [3.63, 3.8) is 0 Å². The second-order valence-corrected chi connectivity index (χ2v) is 5.19. The summed E-state index contributed by atoms with van der Waals surface area (Å²) >= 11 is 0. The number of hydrogen-bond acceptors (Lipinski definition) is 6. The van der Waals surface area contributed by atoms with E-state index in [1.165, 1.54) is 4.90 Å². The number of methoxy groups -OCH3 is 1. The van der Waals surface area contributed by atoms with Crippen LogP contribution in [0.15, 0.2) is 12.1 Å². The molecule has 0 saturated heterocycles. The smallest absolute Gasteiger partial charge is 0.246 e. The van der Waals surface area contributed by atoms with E-state index < -0.39 is 0 Å². The van der Waals surface area contributed by atoms with Crippen LogP contribution >= 0.6 is 0 Å². The molecule has 124 valence electrons. The van der Waals surface area contributed by atoms with E-state index in [0.29, 0.717) is 43.6 Å². The van der Waals surface area contributed by atoms with E-state index in [0.717, 1.165) is 5.69 Å². The fourth-order valence-corrected chi connectivity index (χ4v) is 2.51. The van der Waals surface area contributed by atoms with Crippen molar-refractivity contribution in [2.45, 2.75) is 0 Å². The van der Waals surface area contributed by atoms with Gasteiger partial charge in [-0.25, -0.2) is 0 Å². The largest absolute Gasteiger partial charge is 0.486 e. The van der Waals surface area contributed by atoms with E-state index in [9.17, 15) is 9.59 Å². The standard InChI is InChI=1S/C15H19N3O5/c1-21-3-2-16-14(19)9-18-11-7-13-12(22-4-5-23-13)6-10(11)17-8-15(18)20/h6-7,17H,2-5,8-9H2,1H3,(H,16,19). The normalized spacial score (nSPS) is 15.7. The van der Waals surface area contributed by atoms with Crippen LogP contribution in [0.4, 0.5) is 11.4 Å². The molecule has 1 aromatic rings. The van der Waals surface area contributed by atoms with Crippen LogP contribution in [0.5, 0.6) is 11.5 Å². The molecule has 23 heavy (non-hydrogen) atoms. The molecule has 2 heterocycles. The third-order valence-electron chi connectivity index (χ3n) is 3.61. The molecule has 0 atom stereocenters. The van der Waals surface area contributed by atoms with Crippen molar-refractivity contribution >= 4 is 23.2 Å². The summed E-state index contributed by atoms with van der Waals surface area (Å²) in [7, 11) is 1.56. The molecule has 2 N–H and O–H groups in total. The first kappa shape index (κ1) is 15.4. The topological polar surface area (TPSA) is 89.1 Å². The van der Waals surface area contributed by atoms with Crippen LogP contribution in [0.25, 0.3) is 0 Å². The fourth-order valence-electron chi connectivity index (χ4n) is 2.51. The molecule has 0 fully saturated rings. The average Bonchev–Trinajstić information content (AvgIpc) is 2.56. The van der Waals surface area contributed by atoms with Crippen molar-refractivity contribution < 1.29 is 23.8 Å². The summed E-state index contributed by atoms with van der Waals surface area (Å²) in [4.78, 5) is 25.6. The van der Waals surface area contributed by atoms with Crippen LogP contribution < -0.4 is 25.0 Å². The lowest BCUT2D eigenvalue weighted by Crippen LogP contribution is -2.46. The van der Waals surface area contributed by atoms with Gasteiger partial charge in [-0.15, -0.1) is 0 Å². The maximum atomic E-state index is 12.2. The molecule has 2 aliphatic heterocycles. The van der Waals surface area contributed by atoms with Crippen LogP contribution in [-0.4, -0.2) is 58.4 Å². The molecule has 0 unspecified atom stereocenters. The van der Waals surface area contributed by atoms with Crippen LogP contribution in [0.2, 0.25) is 0 Å². The van der Waals surface area contributed by atoms with Crippen LogP contribution in [0, 0.1) is 0 Å².